The topological polar surface area (TPSA) is 33.7 Å². The second kappa shape index (κ2) is 8.55. The van der Waals surface area contributed by atoms with Crippen LogP contribution in [0.15, 0.2) is 47.4 Å². The van der Waals surface area contributed by atoms with Crippen LogP contribution in [-0.2, 0) is 6.54 Å². The van der Waals surface area contributed by atoms with Crippen LogP contribution >= 0.6 is 24.0 Å². The second-order valence-electron chi connectivity index (χ2n) is 5.67. The zero-order valence-electron chi connectivity index (χ0n) is 14.1. The van der Waals surface area contributed by atoms with Crippen molar-refractivity contribution in [2.75, 3.05) is 25.6 Å². The largest absolute Gasteiger partial charge is 0.486 e. The summed E-state index contributed by atoms with van der Waals surface area (Å²) in [5, 5.41) is 3.65. The van der Waals surface area contributed by atoms with Crippen molar-refractivity contribution in [2.24, 2.45) is 0 Å². The summed E-state index contributed by atoms with van der Waals surface area (Å²) in [5.41, 5.74) is 1.80. The van der Waals surface area contributed by atoms with Crippen LogP contribution in [0, 0.1) is 0 Å². The van der Waals surface area contributed by atoms with Crippen LogP contribution in [-0.4, -0.2) is 36.0 Å². The normalized spacial score (nSPS) is 12.8. The number of thioether (sulfide) groups is 1. The van der Waals surface area contributed by atoms with Gasteiger partial charge in [0.15, 0.2) is 16.6 Å². The van der Waals surface area contributed by atoms with Gasteiger partial charge in [0.1, 0.15) is 13.2 Å². The third kappa shape index (κ3) is 4.98. The Labute approximate surface area is 160 Å². The van der Waals surface area contributed by atoms with Gasteiger partial charge in [0.05, 0.1) is 0 Å². The van der Waals surface area contributed by atoms with Crippen LogP contribution < -0.4 is 14.8 Å². The summed E-state index contributed by atoms with van der Waals surface area (Å²) in [6.45, 7) is 1.71. The summed E-state index contributed by atoms with van der Waals surface area (Å²) in [7, 11) is 1.88. The number of ether oxygens (including phenoxy) is 2. The number of nitrogens with one attached hydrogen (secondary N) is 1. The van der Waals surface area contributed by atoms with Crippen molar-refractivity contribution < 1.29 is 18.3 Å². The van der Waals surface area contributed by atoms with Crippen LogP contribution in [0.4, 0.5) is 14.5 Å². The third-order valence-corrected chi connectivity index (χ3v) is 4.84. The quantitative estimate of drug-likeness (QED) is 0.588. The average Bonchev–Trinajstić information content (AvgIpc) is 2.62. The monoisotopic (exact) mass is 396 g/mol. The number of fused-ring (bicyclic) bond motifs is 1. The number of rotatable bonds is 5. The smallest absolute Gasteiger partial charge is 0.288 e. The van der Waals surface area contributed by atoms with E-state index in [4.69, 9.17) is 21.7 Å². The first-order chi connectivity index (χ1) is 12.5. The number of hydrogen-bond donors (Lipinski definition) is 1. The molecular weight excluding hydrogens is 378 g/mol. The molecule has 0 aromatic heterocycles. The van der Waals surface area contributed by atoms with Gasteiger partial charge >= 0.3 is 0 Å². The summed E-state index contributed by atoms with van der Waals surface area (Å²) >= 11 is 5.93. The highest BCUT2D eigenvalue weighted by atomic mass is 32.2. The van der Waals surface area contributed by atoms with Gasteiger partial charge in [0.25, 0.3) is 5.76 Å². The first kappa shape index (κ1) is 18.7. The maximum Gasteiger partial charge on any atom is 0.288 e. The predicted molar refractivity (Wildman–Crippen MR) is 103 cm³/mol. The lowest BCUT2D eigenvalue weighted by atomic mass is 10.2. The zero-order valence-corrected chi connectivity index (χ0v) is 15.7. The molecule has 8 heteroatoms. The minimum absolute atomic E-state index is 0.515. The molecule has 0 amide bonds. The number of thiocarbonyl (C=S) groups is 1. The minimum Gasteiger partial charge on any atom is -0.486 e. The van der Waals surface area contributed by atoms with Gasteiger partial charge in [-0.3, -0.25) is 0 Å². The van der Waals surface area contributed by atoms with Gasteiger partial charge in [-0.25, -0.2) is 0 Å². The second-order valence-corrected chi connectivity index (χ2v) is 7.12. The summed E-state index contributed by atoms with van der Waals surface area (Å²) in [6.07, 6.45) is 0. The number of anilines is 1. The SMILES string of the molecule is CN(Cc1ccc2c(c1)OCCO2)C(=S)Nc1ccc(SC(F)F)cc1. The highest BCUT2D eigenvalue weighted by molar-refractivity contribution is 7.99. The molecule has 2 aromatic rings. The van der Waals surface area contributed by atoms with Crippen molar-refractivity contribution in [3.05, 3.63) is 48.0 Å². The molecule has 0 radical (unpaired) electrons. The van der Waals surface area contributed by atoms with E-state index in [1.165, 1.54) is 0 Å². The number of benzene rings is 2. The highest BCUT2D eigenvalue weighted by Gasteiger charge is 2.13. The zero-order chi connectivity index (χ0) is 18.5. The highest BCUT2D eigenvalue weighted by Crippen LogP contribution is 2.31. The van der Waals surface area contributed by atoms with E-state index in [9.17, 15) is 8.78 Å². The Bertz CT molecular complexity index is 772. The van der Waals surface area contributed by atoms with Gasteiger partial charge in [-0.1, -0.05) is 17.8 Å². The summed E-state index contributed by atoms with van der Waals surface area (Å²) in [4.78, 5) is 2.41. The van der Waals surface area contributed by atoms with Crippen molar-refractivity contribution in [3.63, 3.8) is 0 Å². The van der Waals surface area contributed by atoms with E-state index < -0.39 is 5.76 Å². The molecule has 0 fully saturated rings. The van der Waals surface area contributed by atoms with Crippen LogP contribution in [0.25, 0.3) is 0 Å². The summed E-state index contributed by atoms with van der Waals surface area (Å²) < 4.78 is 35.8. The molecule has 1 heterocycles. The lowest BCUT2D eigenvalue weighted by Crippen LogP contribution is -2.30. The summed E-state index contributed by atoms with van der Waals surface area (Å²) in [6, 6.07) is 12.6. The van der Waals surface area contributed by atoms with Gasteiger partial charge in [-0.05, 0) is 54.2 Å². The number of alkyl halides is 2. The fourth-order valence-electron chi connectivity index (χ4n) is 2.47. The molecule has 4 nitrogen and oxygen atoms in total. The molecular formula is C18H18F2N2O2S2. The molecule has 2 aromatic carbocycles. The summed E-state index contributed by atoms with van der Waals surface area (Å²) in [5.74, 6) is -0.926. The molecule has 26 heavy (non-hydrogen) atoms. The lowest BCUT2D eigenvalue weighted by Gasteiger charge is -2.23. The average molecular weight is 396 g/mol. The van der Waals surface area contributed by atoms with Crippen LogP contribution in [0.5, 0.6) is 11.5 Å². The predicted octanol–water partition coefficient (Wildman–Crippen LogP) is 4.60. The number of halogens is 2. The number of nitrogens with zero attached hydrogens (tertiary/aromatic N) is 1. The van der Waals surface area contributed by atoms with Gasteiger partial charge in [0, 0.05) is 24.2 Å². The van der Waals surface area contributed by atoms with Gasteiger partial charge < -0.3 is 19.7 Å². The van der Waals surface area contributed by atoms with Crippen molar-refractivity contribution in [1.29, 1.82) is 0 Å². The molecule has 0 unspecified atom stereocenters. The molecule has 0 aliphatic carbocycles. The van der Waals surface area contributed by atoms with Crippen LogP contribution in [0.2, 0.25) is 0 Å². The molecule has 1 aliphatic heterocycles. The fourth-order valence-corrected chi connectivity index (χ4v) is 3.15. The molecule has 138 valence electrons. The molecule has 1 N–H and O–H groups in total. The van der Waals surface area contributed by atoms with E-state index in [1.807, 2.05) is 30.1 Å². The minimum atomic E-state index is -2.42. The standard InChI is InChI=1S/C18H18F2N2O2S2/c1-22(11-12-2-7-15-16(10-12)24-9-8-23-15)18(25)21-13-3-5-14(6-4-13)26-17(19)20/h2-7,10,17H,8-9,11H2,1H3,(H,21,25). The van der Waals surface area contributed by atoms with E-state index in [1.54, 1.807) is 24.3 Å². The van der Waals surface area contributed by atoms with Gasteiger partial charge in [-0.2, -0.15) is 8.78 Å². The number of hydrogen-bond acceptors (Lipinski definition) is 4. The van der Waals surface area contributed by atoms with Crippen LogP contribution in [0.1, 0.15) is 5.56 Å². The Hall–Kier alpha value is -2.06. The van der Waals surface area contributed by atoms with E-state index >= 15 is 0 Å². The molecule has 0 bridgehead atoms. The van der Waals surface area contributed by atoms with Crippen molar-refractivity contribution in [1.82, 2.24) is 4.90 Å². The molecule has 0 saturated carbocycles. The molecule has 0 spiro atoms. The van der Waals surface area contributed by atoms with Crippen molar-refractivity contribution in [2.45, 2.75) is 17.2 Å². The first-order valence-electron chi connectivity index (χ1n) is 7.97. The van der Waals surface area contributed by atoms with E-state index in [2.05, 4.69) is 5.32 Å². The molecule has 1 aliphatic rings. The van der Waals surface area contributed by atoms with Crippen molar-refractivity contribution in [3.8, 4) is 11.5 Å². The Morgan fingerprint density at radius 3 is 2.54 bits per heavy atom. The van der Waals surface area contributed by atoms with E-state index in [-0.39, 0.29) is 0 Å². The Morgan fingerprint density at radius 1 is 1.15 bits per heavy atom. The van der Waals surface area contributed by atoms with Crippen LogP contribution in [0.3, 0.4) is 0 Å². The fraction of sp³-hybridized carbons (Fsp3) is 0.278. The maximum atomic E-state index is 12.4. The molecule has 0 atom stereocenters. The Kier molecular flexibility index (Phi) is 6.16. The van der Waals surface area contributed by atoms with E-state index in [0.29, 0.717) is 41.5 Å². The van der Waals surface area contributed by atoms with Gasteiger partial charge in [0.2, 0.25) is 0 Å². The molecule has 3 rings (SSSR count). The Balaban J connectivity index is 1.57. The maximum absolute atomic E-state index is 12.4. The van der Waals surface area contributed by atoms with E-state index in [0.717, 1.165) is 22.7 Å². The van der Waals surface area contributed by atoms with Crippen molar-refractivity contribution >= 4 is 34.8 Å². The third-order valence-electron chi connectivity index (χ3n) is 3.70. The van der Waals surface area contributed by atoms with Gasteiger partial charge in [-0.15, -0.1) is 0 Å². The lowest BCUT2D eigenvalue weighted by molar-refractivity contribution is 0.171. The molecule has 0 saturated heterocycles. The Morgan fingerprint density at radius 2 is 1.85 bits per heavy atom. The first-order valence-corrected chi connectivity index (χ1v) is 9.25.